The first kappa shape index (κ1) is 20.4. The number of pyridine rings is 1. The topological polar surface area (TPSA) is 85.8 Å². The van der Waals surface area contributed by atoms with Gasteiger partial charge in [-0.2, -0.15) is 0 Å². The fraction of sp³-hybridized carbons (Fsp3) is 0.227. The number of hydrogen-bond acceptors (Lipinski definition) is 6. The lowest BCUT2D eigenvalue weighted by atomic mass is 10.1. The van der Waals surface area contributed by atoms with Gasteiger partial charge in [-0.05, 0) is 61.2 Å². The minimum atomic E-state index is -0.625. The molecule has 0 aliphatic carbocycles. The molecule has 2 aromatic rings. The second-order valence-electron chi connectivity index (χ2n) is 6.86. The van der Waals surface area contributed by atoms with Gasteiger partial charge in [0.05, 0.1) is 5.69 Å². The molecule has 1 amide bonds. The van der Waals surface area contributed by atoms with Gasteiger partial charge in [0, 0.05) is 49.7 Å². The van der Waals surface area contributed by atoms with Crippen molar-refractivity contribution in [2.75, 3.05) is 38.1 Å². The third-order valence-corrected chi connectivity index (χ3v) is 4.77. The molecule has 0 bridgehead atoms. The van der Waals surface area contributed by atoms with Crippen LogP contribution in [0.15, 0.2) is 54.7 Å². The maximum Gasteiger partial charge on any atom is 0.267 e. The Kier molecular flexibility index (Phi) is 6.89. The third kappa shape index (κ3) is 5.84. The number of hydroxylamine groups is 1. The number of carbonyl (C=O) groups excluding carboxylic acids is 2. The van der Waals surface area contributed by atoms with Crippen LogP contribution in [-0.2, 0) is 4.79 Å². The van der Waals surface area contributed by atoms with E-state index in [2.05, 4.69) is 21.8 Å². The minimum Gasteiger partial charge on any atom is -0.369 e. The number of allylic oxidation sites excluding steroid dienone is 1. The summed E-state index contributed by atoms with van der Waals surface area (Å²) in [6.45, 7) is 4.07. The Morgan fingerprint density at radius 1 is 1.00 bits per heavy atom. The van der Waals surface area contributed by atoms with E-state index in [1.54, 1.807) is 24.4 Å². The van der Waals surface area contributed by atoms with Gasteiger partial charge < -0.3 is 9.80 Å². The van der Waals surface area contributed by atoms with Crippen LogP contribution < -0.4 is 10.4 Å². The maximum atomic E-state index is 12.4. The molecule has 3 rings (SSSR count). The molecule has 2 heterocycles. The van der Waals surface area contributed by atoms with Gasteiger partial charge in [0.2, 0.25) is 0 Å². The van der Waals surface area contributed by atoms with Gasteiger partial charge in [0.15, 0.2) is 5.78 Å². The van der Waals surface area contributed by atoms with Crippen LogP contribution in [0.1, 0.15) is 21.6 Å². The van der Waals surface area contributed by atoms with Gasteiger partial charge in [-0.3, -0.25) is 19.8 Å². The molecule has 150 valence electrons. The van der Waals surface area contributed by atoms with Crippen LogP contribution in [-0.4, -0.2) is 60.0 Å². The second-order valence-corrected chi connectivity index (χ2v) is 6.86. The number of ketones is 1. The molecule has 7 heteroatoms. The van der Waals surface area contributed by atoms with Crippen LogP contribution in [0.3, 0.4) is 0 Å². The van der Waals surface area contributed by atoms with Crippen molar-refractivity contribution in [2.45, 2.75) is 0 Å². The molecule has 7 nitrogen and oxygen atoms in total. The van der Waals surface area contributed by atoms with E-state index < -0.39 is 5.91 Å². The largest absolute Gasteiger partial charge is 0.369 e. The van der Waals surface area contributed by atoms with Crippen LogP contribution in [0.5, 0.6) is 0 Å². The lowest BCUT2D eigenvalue weighted by Crippen LogP contribution is -2.44. The number of amides is 1. The SMILES string of the molecule is CN1CCN(c2ccc(C(=O)/C=C/c3ccc(C=CC(=O)NO)nc3)cc2)CC1. The second kappa shape index (κ2) is 9.77. The summed E-state index contributed by atoms with van der Waals surface area (Å²) >= 11 is 0. The van der Waals surface area contributed by atoms with Crippen molar-refractivity contribution in [1.82, 2.24) is 15.4 Å². The number of likely N-dealkylation sites (N-methyl/N-ethyl adjacent to an activating group) is 1. The molecule has 0 atom stereocenters. The van der Waals surface area contributed by atoms with Gasteiger partial charge in [-0.25, -0.2) is 5.48 Å². The Morgan fingerprint density at radius 2 is 1.72 bits per heavy atom. The van der Waals surface area contributed by atoms with E-state index in [4.69, 9.17) is 5.21 Å². The van der Waals surface area contributed by atoms with Gasteiger partial charge in [0.1, 0.15) is 0 Å². The van der Waals surface area contributed by atoms with Crippen molar-refractivity contribution in [1.29, 1.82) is 0 Å². The fourth-order valence-corrected chi connectivity index (χ4v) is 2.98. The molecule has 0 spiro atoms. The van der Waals surface area contributed by atoms with Crippen molar-refractivity contribution in [3.05, 3.63) is 71.6 Å². The van der Waals surface area contributed by atoms with Crippen molar-refractivity contribution in [3.63, 3.8) is 0 Å². The summed E-state index contributed by atoms with van der Waals surface area (Å²) in [6, 6.07) is 11.2. The zero-order chi connectivity index (χ0) is 20.6. The highest BCUT2D eigenvalue weighted by Gasteiger charge is 2.14. The summed E-state index contributed by atoms with van der Waals surface area (Å²) in [4.78, 5) is 32.2. The molecule has 2 N–H and O–H groups in total. The van der Waals surface area contributed by atoms with E-state index >= 15 is 0 Å². The highest BCUT2D eigenvalue weighted by molar-refractivity contribution is 6.07. The van der Waals surface area contributed by atoms with E-state index in [1.807, 2.05) is 24.3 Å². The number of anilines is 1. The standard InChI is InChI=1S/C22H24N4O3/c1-25-12-14-26(15-13-25)20-8-4-18(5-9-20)21(27)10-3-17-2-6-19(23-16-17)7-11-22(28)24-29/h2-11,16,29H,12-15H2,1H3,(H,24,28)/b10-3+,11-7?. The highest BCUT2D eigenvalue weighted by Crippen LogP contribution is 2.17. The molecule has 1 aromatic heterocycles. The first-order valence-electron chi connectivity index (χ1n) is 9.39. The maximum absolute atomic E-state index is 12.4. The Bertz CT molecular complexity index is 897. The Balaban J connectivity index is 1.58. The van der Waals surface area contributed by atoms with Gasteiger partial charge in [-0.1, -0.05) is 6.07 Å². The van der Waals surface area contributed by atoms with Crippen LogP contribution in [0.25, 0.3) is 12.2 Å². The van der Waals surface area contributed by atoms with E-state index in [0.29, 0.717) is 11.3 Å². The Morgan fingerprint density at radius 3 is 2.34 bits per heavy atom. The number of nitrogens with zero attached hydrogens (tertiary/aromatic N) is 3. The Labute approximate surface area is 169 Å². The normalized spacial score (nSPS) is 15.2. The van der Waals surface area contributed by atoms with Gasteiger partial charge >= 0.3 is 0 Å². The van der Waals surface area contributed by atoms with Crippen LogP contribution in [0.2, 0.25) is 0 Å². The van der Waals surface area contributed by atoms with Crippen molar-refractivity contribution in [3.8, 4) is 0 Å². The first-order chi connectivity index (χ1) is 14.0. The molecule has 1 aromatic carbocycles. The predicted molar refractivity (Wildman–Crippen MR) is 113 cm³/mol. The van der Waals surface area contributed by atoms with Crippen LogP contribution in [0, 0.1) is 0 Å². The first-order valence-corrected chi connectivity index (χ1v) is 9.39. The number of aromatic nitrogens is 1. The van der Waals surface area contributed by atoms with Gasteiger partial charge in [0.25, 0.3) is 5.91 Å². The lowest BCUT2D eigenvalue weighted by molar-refractivity contribution is -0.124. The smallest absolute Gasteiger partial charge is 0.267 e. The minimum absolute atomic E-state index is 0.0708. The summed E-state index contributed by atoms with van der Waals surface area (Å²) in [7, 11) is 2.13. The van der Waals surface area contributed by atoms with Crippen molar-refractivity contribution < 1.29 is 14.8 Å². The van der Waals surface area contributed by atoms with E-state index in [-0.39, 0.29) is 5.78 Å². The summed E-state index contributed by atoms with van der Waals surface area (Å²) in [5, 5.41) is 8.45. The van der Waals surface area contributed by atoms with E-state index in [1.165, 1.54) is 23.7 Å². The molecular weight excluding hydrogens is 368 g/mol. The molecule has 1 fully saturated rings. The highest BCUT2D eigenvalue weighted by atomic mass is 16.5. The third-order valence-electron chi connectivity index (χ3n) is 4.77. The molecule has 29 heavy (non-hydrogen) atoms. The zero-order valence-electron chi connectivity index (χ0n) is 16.3. The number of carbonyl (C=O) groups is 2. The summed E-state index contributed by atoms with van der Waals surface area (Å²) < 4.78 is 0. The number of rotatable bonds is 6. The van der Waals surface area contributed by atoms with Crippen molar-refractivity contribution >= 4 is 29.5 Å². The van der Waals surface area contributed by atoms with Crippen LogP contribution in [0.4, 0.5) is 5.69 Å². The Hall–Kier alpha value is -3.29. The molecule has 1 saturated heterocycles. The van der Waals surface area contributed by atoms with Crippen LogP contribution >= 0.6 is 0 Å². The average molecular weight is 392 g/mol. The number of benzene rings is 1. The molecule has 0 saturated carbocycles. The predicted octanol–water partition coefficient (Wildman–Crippen LogP) is 2.25. The monoisotopic (exact) mass is 392 g/mol. The quantitative estimate of drug-likeness (QED) is 0.339. The number of piperazine rings is 1. The number of hydrogen-bond donors (Lipinski definition) is 2. The molecule has 0 radical (unpaired) electrons. The summed E-state index contributed by atoms with van der Waals surface area (Å²) in [6.07, 6.45) is 7.49. The lowest BCUT2D eigenvalue weighted by Gasteiger charge is -2.34. The molecular formula is C22H24N4O3. The van der Waals surface area contributed by atoms with Gasteiger partial charge in [-0.15, -0.1) is 0 Å². The zero-order valence-corrected chi connectivity index (χ0v) is 16.3. The molecule has 1 aliphatic rings. The average Bonchev–Trinajstić information content (AvgIpc) is 2.77. The number of nitrogens with one attached hydrogen (secondary N) is 1. The van der Waals surface area contributed by atoms with E-state index in [9.17, 15) is 9.59 Å². The van der Waals surface area contributed by atoms with E-state index in [0.717, 1.165) is 37.4 Å². The molecule has 0 unspecified atom stereocenters. The summed E-state index contributed by atoms with van der Waals surface area (Å²) in [5.41, 5.74) is 4.63. The summed E-state index contributed by atoms with van der Waals surface area (Å²) in [5.74, 6) is -0.696. The fourth-order valence-electron chi connectivity index (χ4n) is 2.98. The van der Waals surface area contributed by atoms with Crippen molar-refractivity contribution in [2.24, 2.45) is 0 Å². The molecule has 1 aliphatic heterocycles.